The van der Waals surface area contributed by atoms with E-state index in [-0.39, 0.29) is 23.3 Å². The van der Waals surface area contributed by atoms with E-state index in [1.165, 1.54) is 49.3 Å². The summed E-state index contributed by atoms with van der Waals surface area (Å²) >= 11 is 0.569. The van der Waals surface area contributed by atoms with Gasteiger partial charge in [0.1, 0.15) is 22.5 Å². The number of rotatable bonds is 6. The van der Waals surface area contributed by atoms with E-state index < -0.39 is 9.85 Å². The fraction of sp³-hybridized carbons (Fsp3) is 0. The predicted molar refractivity (Wildman–Crippen MR) is 110 cm³/mol. The summed E-state index contributed by atoms with van der Waals surface area (Å²) in [5.41, 5.74) is 0. The van der Waals surface area contributed by atoms with Gasteiger partial charge in [0.25, 0.3) is 0 Å². The van der Waals surface area contributed by atoms with Gasteiger partial charge in [0.05, 0.1) is 24.6 Å². The third-order valence-corrected chi connectivity index (χ3v) is 3.02. The average Bonchev–Trinajstić information content (AvgIpc) is 3.59. The molecule has 0 aliphatic rings. The van der Waals surface area contributed by atoms with Gasteiger partial charge >= 0.3 is 44.8 Å². The molecule has 4 rings (SSSR count). The van der Waals surface area contributed by atoms with Crippen LogP contribution in [0.15, 0.2) is 55.7 Å². The quantitative estimate of drug-likeness (QED) is 0.156. The summed E-state index contributed by atoms with van der Waals surface area (Å²) in [5, 5.41) is 32.7. The van der Waals surface area contributed by atoms with Crippen molar-refractivity contribution in [2.75, 3.05) is 0 Å². The number of nitrogens with zero attached hydrogens (tertiary/aromatic N) is 8. The monoisotopic (exact) mass is 542 g/mol. The third kappa shape index (κ3) is 8.98. The van der Waals surface area contributed by atoms with Gasteiger partial charge in [0.2, 0.25) is 11.9 Å². The number of aromatic nitrogens is 6. The van der Waals surface area contributed by atoms with Crippen molar-refractivity contribution in [3.05, 3.63) is 68.7 Å². The Morgan fingerprint density at radius 2 is 1.24 bits per heavy atom. The van der Waals surface area contributed by atoms with E-state index in [0.717, 1.165) is 0 Å². The standard InChI is InChI=1S/2C7H5N5O3.2ClH.Ni/c2*13-12(14)6-2-1-5(15-6)3-8-7-9-4-10-11-7;;;/h2*1-4H,(H,9,10,11);2*1H;/q;;;;+2/p-2/b2*8-3+;;;. The van der Waals surface area contributed by atoms with Crippen LogP contribution in [0.2, 0.25) is 0 Å². The summed E-state index contributed by atoms with van der Waals surface area (Å²) < 4.78 is 9.67. The predicted octanol–water partition coefficient (Wildman–Crippen LogP) is 3.49. The van der Waals surface area contributed by atoms with Crippen LogP contribution < -0.4 is 0 Å². The normalized spacial score (nSPS) is 10.6. The Morgan fingerprint density at radius 3 is 1.52 bits per heavy atom. The van der Waals surface area contributed by atoms with Crippen molar-refractivity contribution in [3.8, 4) is 0 Å². The Labute approximate surface area is 196 Å². The molecule has 0 amide bonds. The molecule has 16 nitrogen and oxygen atoms in total. The molecule has 0 saturated heterocycles. The molecule has 0 unspecified atom stereocenters. The van der Waals surface area contributed by atoms with E-state index in [1.807, 2.05) is 0 Å². The summed E-state index contributed by atoms with van der Waals surface area (Å²) in [7, 11) is 9.40. The second-order valence-corrected chi connectivity index (χ2v) is 6.68. The Balaban J connectivity index is 0.000000209. The number of furan rings is 2. The van der Waals surface area contributed by atoms with Crippen LogP contribution in [0.5, 0.6) is 0 Å². The number of aliphatic imine (C=N–C) groups is 2. The summed E-state index contributed by atoms with van der Waals surface area (Å²) in [5.74, 6) is 0.502. The fourth-order valence-corrected chi connectivity index (χ4v) is 1.79. The zero-order valence-electron chi connectivity index (χ0n) is 15.7. The molecule has 176 valence electrons. The number of H-pyrrole nitrogens is 2. The Morgan fingerprint density at radius 1 is 0.848 bits per heavy atom. The summed E-state index contributed by atoms with van der Waals surface area (Å²) in [6.07, 6.45) is 5.23. The van der Waals surface area contributed by atoms with Crippen LogP contribution >= 0.6 is 20.4 Å². The van der Waals surface area contributed by atoms with Crippen LogP contribution in [0.1, 0.15) is 11.5 Å². The van der Waals surface area contributed by atoms with Gasteiger partial charge in [-0.15, -0.1) is 0 Å². The average molecular weight is 544 g/mol. The summed E-state index contributed by atoms with van der Waals surface area (Å²) in [6.45, 7) is 0. The molecule has 0 spiro atoms. The van der Waals surface area contributed by atoms with Crippen LogP contribution in [0.25, 0.3) is 0 Å². The van der Waals surface area contributed by atoms with Gasteiger partial charge in [-0.1, -0.05) is 0 Å². The Hall–Kier alpha value is -3.95. The van der Waals surface area contributed by atoms with Crippen LogP contribution in [0.3, 0.4) is 0 Å². The topological polar surface area (TPSA) is 220 Å². The van der Waals surface area contributed by atoms with Crippen LogP contribution in [-0.4, -0.2) is 52.6 Å². The fourth-order valence-electron chi connectivity index (χ4n) is 1.79. The first-order valence-corrected chi connectivity index (χ1v) is 10.7. The first-order chi connectivity index (χ1) is 15.9. The van der Waals surface area contributed by atoms with E-state index in [2.05, 4.69) is 40.3 Å². The van der Waals surface area contributed by atoms with Crippen molar-refractivity contribution in [1.82, 2.24) is 30.4 Å². The molecular weight excluding hydrogens is 534 g/mol. The molecule has 0 fully saturated rings. The molecule has 2 N–H and O–H groups in total. The van der Waals surface area contributed by atoms with Gasteiger partial charge in [-0.2, -0.15) is 20.2 Å². The molecular formula is C14H10Cl2N10NiO6. The van der Waals surface area contributed by atoms with Crippen molar-refractivity contribution in [1.29, 1.82) is 0 Å². The van der Waals surface area contributed by atoms with Crippen molar-refractivity contribution in [2.24, 2.45) is 9.98 Å². The first-order valence-electron chi connectivity index (χ1n) is 8.02. The zero-order chi connectivity index (χ0) is 24.1. The maximum absolute atomic E-state index is 10.3. The molecule has 0 saturated carbocycles. The SMILES string of the molecule is O=[N+]([O-])c1ccc(/C=N/c2ncn[nH]2)o1.O=[N+]([O-])c1ccc(/C=N/c2ncn[nH]2)o1.[Cl][Ni][Cl]. The molecule has 0 bridgehead atoms. The number of hydrogen-bond donors (Lipinski definition) is 2. The van der Waals surface area contributed by atoms with Gasteiger partial charge in [0, 0.05) is 0 Å². The number of aromatic amines is 2. The van der Waals surface area contributed by atoms with Gasteiger partial charge in [-0.25, -0.2) is 20.2 Å². The van der Waals surface area contributed by atoms with Crippen molar-refractivity contribution >= 4 is 56.5 Å². The minimum absolute atomic E-state index is 0.276. The van der Waals surface area contributed by atoms with Crippen molar-refractivity contribution in [3.63, 3.8) is 0 Å². The molecule has 0 aromatic carbocycles. The third-order valence-electron chi connectivity index (χ3n) is 3.02. The number of halogens is 2. The van der Waals surface area contributed by atoms with E-state index in [4.69, 9.17) is 29.2 Å². The van der Waals surface area contributed by atoms with Gasteiger partial charge < -0.3 is 8.83 Å². The van der Waals surface area contributed by atoms with Crippen molar-refractivity contribution < 1.29 is 31.3 Å². The van der Waals surface area contributed by atoms with Crippen molar-refractivity contribution in [2.45, 2.75) is 0 Å². The molecule has 33 heavy (non-hydrogen) atoms. The molecule has 19 heteroatoms. The molecule has 4 heterocycles. The van der Waals surface area contributed by atoms with Crippen LogP contribution in [0, 0.1) is 20.2 Å². The van der Waals surface area contributed by atoms with E-state index in [9.17, 15) is 20.2 Å². The molecule has 0 atom stereocenters. The Bertz CT molecular complexity index is 1100. The second-order valence-electron chi connectivity index (χ2n) is 5.05. The van der Waals surface area contributed by atoms with E-state index >= 15 is 0 Å². The summed E-state index contributed by atoms with van der Waals surface area (Å²) in [4.78, 5) is 34.5. The molecule has 0 aliphatic carbocycles. The minimum atomic E-state index is -0.619. The van der Waals surface area contributed by atoms with E-state index in [1.54, 1.807) is 0 Å². The van der Waals surface area contributed by atoms with Gasteiger partial charge in [-0.3, -0.25) is 20.2 Å². The summed E-state index contributed by atoms with van der Waals surface area (Å²) in [6, 6.07) is 5.39. The Kier molecular flexibility index (Phi) is 10.3. The number of hydrogen-bond acceptors (Lipinski definition) is 12. The molecule has 0 radical (unpaired) electrons. The van der Waals surface area contributed by atoms with Gasteiger partial charge in [-0.05, 0) is 12.1 Å². The van der Waals surface area contributed by atoms with Gasteiger partial charge in [0.15, 0.2) is 11.5 Å². The molecule has 0 aliphatic heterocycles. The first kappa shape index (κ1) is 25.3. The maximum atomic E-state index is 10.3. The number of nitrogens with one attached hydrogen (secondary N) is 2. The van der Waals surface area contributed by atoms with Crippen LogP contribution in [-0.2, 0) is 12.7 Å². The van der Waals surface area contributed by atoms with E-state index in [0.29, 0.717) is 24.6 Å². The second kappa shape index (κ2) is 13.5. The molecule has 4 aromatic heterocycles. The molecule has 4 aromatic rings. The number of nitro groups is 2. The zero-order valence-corrected chi connectivity index (χ0v) is 18.2. The van der Waals surface area contributed by atoms with Crippen LogP contribution in [0.4, 0.5) is 23.7 Å².